The highest BCUT2D eigenvalue weighted by Crippen LogP contribution is 2.31. The fourth-order valence-corrected chi connectivity index (χ4v) is 3.71. The summed E-state index contributed by atoms with van der Waals surface area (Å²) in [7, 11) is 0. The minimum Gasteiger partial charge on any atom is -0.342 e. The summed E-state index contributed by atoms with van der Waals surface area (Å²) in [6.45, 7) is 5.84. The lowest BCUT2D eigenvalue weighted by atomic mass is 10.1. The molecule has 5 nitrogen and oxygen atoms in total. The third-order valence-electron chi connectivity index (χ3n) is 5.04. The maximum atomic E-state index is 13.1. The Hall–Kier alpha value is -3.99. The van der Waals surface area contributed by atoms with Gasteiger partial charge >= 0.3 is 0 Å². The number of rotatable bonds is 6. The second kappa shape index (κ2) is 9.22. The molecular formula is C26H24N4O. The van der Waals surface area contributed by atoms with Crippen molar-refractivity contribution >= 4 is 22.4 Å². The molecule has 0 aliphatic heterocycles. The largest absolute Gasteiger partial charge is 0.342 e. The van der Waals surface area contributed by atoms with Gasteiger partial charge in [-0.25, -0.2) is 0 Å². The number of aromatic nitrogens is 3. The minimum absolute atomic E-state index is 0.0918. The zero-order valence-corrected chi connectivity index (χ0v) is 17.5. The molecule has 1 aliphatic rings. The summed E-state index contributed by atoms with van der Waals surface area (Å²) in [6, 6.07) is 5.47. The average molecular weight is 409 g/mol. The van der Waals surface area contributed by atoms with Gasteiger partial charge in [0.05, 0.1) is 10.9 Å². The lowest BCUT2D eigenvalue weighted by Gasteiger charge is -2.21. The highest BCUT2D eigenvalue weighted by molar-refractivity contribution is 5.97. The topological polar surface area (TPSA) is 59.8 Å². The quantitative estimate of drug-likeness (QED) is 0.531. The Bertz CT molecular complexity index is 1290. The van der Waals surface area contributed by atoms with Crippen LogP contribution in [0.1, 0.15) is 19.8 Å². The molecule has 0 aromatic carbocycles. The second-order valence-corrected chi connectivity index (χ2v) is 7.15. The van der Waals surface area contributed by atoms with Gasteiger partial charge in [-0.05, 0) is 44.1 Å². The van der Waals surface area contributed by atoms with Crippen LogP contribution in [0.5, 0.6) is 0 Å². The van der Waals surface area contributed by atoms with E-state index in [0.29, 0.717) is 11.2 Å². The van der Waals surface area contributed by atoms with Gasteiger partial charge in [0, 0.05) is 53.4 Å². The van der Waals surface area contributed by atoms with Crippen LogP contribution in [0.3, 0.4) is 0 Å². The zero-order valence-electron chi connectivity index (χ0n) is 17.5. The second-order valence-electron chi connectivity index (χ2n) is 7.15. The van der Waals surface area contributed by atoms with E-state index in [-0.39, 0.29) is 5.43 Å². The van der Waals surface area contributed by atoms with Gasteiger partial charge in [0.2, 0.25) is 0 Å². The van der Waals surface area contributed by atoms with Gasteiger partial charge < -0.3 is 5.32 Å². The Morgan fingerprint density at radius 2 is 2.13 bits per heavy atom. The first kappa shape index (κ1) is 20.3. The molecule has 0 radical (unpaired) electrons. The van der Waals surface area contributed by atoms with Crippen LogP contribution < -0.4 is 10.7 Å². The molecule has 1 aliphatic carbocycles. The van der Waals surface area contributed by atoms with Crippen LogP contribution in [-0.2, 0) is 0 Å². The van der Waals surface area contributed by atoms with Crippen molar-refractivity contribution in [2.24, 2.45) is 0 Å². The van der Waals surface area contributed by atoms with Crippen molar-refractivity contribution in [3.63, 3.8) is 0 Å². The molecule has 0 fully saturated rings. The van der Waals surface area contributed by atoms with Gasteiger partial charge in [-0.15, -0.1) is 0 Å². The number of nitrogens with one attached hydrogen (secondary N) is 1. The molecule has 0 amide bonds. The summed E-state index contributed by atoms with van der Waals surface area (Å²) in [5.74, 6) is 0.679. The van der Waals surface area contributed by atoms with E-state index in [1.807, 2.05) is 47.9 Å². The van der Waals surface area contributed by atoms with Crippen molar-refractivity contribution in [3.8, 4) is 11.1 Å². The molecule has 154 valence electrons. The summed E-state index contributed by atoms with van der Waals surface area (Å²) in [5.41, 5.74) is 4.24. The SMILES string of the molecule is C=C/C=C(\C=C/C)n1c(NC2=CCCC=C2)cc(=O)c2cncc(-c3cccnc3)c21. The Kier molecular flexibility index (Phi) is 6.03. The number of fused-ring (bicyclic) bond motifs is 1. The van der Waals surface area contributed by atoms with Crippen LogP contribution in [0.2, 0.25) is 0 Å². The maximum absolute atomic E-state index is 13.1. The first-order chi connectivity index (χ1) is 15.2. The van der Waals surface area contributed by atoms with E-state index in [2.05, 4.69) is 34.0 Å². The summed E-state index contributed by atoms with van der Waals surface area (Å²) < 4.78 is 2.05. The summed E-state index contributed by atoms with van der Waals surface area (Å²) in [5, 5.41) is 3.99. The van der Waals surface area contributed by atoms with Crippen LogP contribution in [0.4, 0.5) is 5.82 Å². The number of hydrogen-bond acceptors (Lipinski definition) is 4. The third-order valence-corrected chi connectivity index (χ3v) is 5.04. The van der Waals surface area contributed by atoms with E-state index in [4.69, 9.17) is 0 Å². The lowest BCUT2D eigenvalue weighted by Crippen LogP contribution is -2.15. The van der Waals surface area contributed by atoms with Crippen molar-refractivity contribution in [2.75, 3.05) is 5.32 Å². The molecule has 5 heteroatoms. The van der Waals surface area contributed by atoms with E-state index < -0.39 is 0 Å². The first-order valence-corrected chi connectivity index (χ1v) is 10.3. The third kappa shape index (κ3) is 4.16. The molecule has 3 aromatic heterocycles. The van der Waals surface area contributed by atoms with Crippen molar-refractivity contribution in [2.45, 2.75) is 19.8 Å². The Morgan fingerprint density at radius 3 is 2.84 bits per heavy atom. The molecule has 0 spiro atoms. The number of nitrogens with zero attached hydrogens (tertiary/aromatic N) is 3. The fraction of sp³-hybridized carbons (Fsp3) is 0.115. The van der Waals surface area contributed by atoms with Gasteiger partial charge in [0.25, 0.3) is 0 Å². The lowest BCUT2D eigenvalue weighted by molar-refractivity contribution is 1.01. The van der Waals surface area contributed by atoms with Gasteiger partial charge in [-0.1, -0.05) is 36.9 Å². The summed E-state index contributed by atoms with van der Waals surface area (Å²) in [6.07, 6.45) is 22.8. The maximum Gasteiger partial charge on any atom is 0.193 e. The van der Waals surface area contributed by atoms with E-state index in [1.165, 1.54) is 0 Å². The average Bonchev–Trinajstić information content (AvgIpc) is 2.80. The van der Waals surface area contributed by atoms with Crippen molar-refractivity contribution in [1.29, 1.82) is 0 Å². The van der Waals surface area contributed by atoms with Crippen molar-refractivity contribution in [3.05, 3.63) is 108 Å². The van der Waals surface area contributed by atoms with Gasteiger partial charge in [0.1, 0.15) is 5.82 Å². The molecule has 3 aromatic rings. The fourth-order valence-electron chi connectivity index (χ4n) is 3.71. The molecule has 1 N–H and O–H groups in total. The van der Waals surface area contributed by atoms with Crippen LogP contribution in [-0.4, -0.2) is 14.5 Å². The van der Waals surface area contributed by atoms with Crippen molar-refractivity contribution < 1.29 is 0 Å². The molecule has 31 heavy (non-hydrogen) atoms. The van der Waals surface area contributed by atoms with Crippen LogP contribution in [0.25, 0.3) is 27.7 Å². The summed E-state index contributed by atoms with van der Waals surface area (Å²) in [4.78, 5) is 21.7. The zero-order chi connectivity index (χ0) is 21.6. The molecule has 4 rings (SSSR count). The predicted molar refractivity (Wildman–Crippen MR) is 129 cm³/mol. The van der Waals surface area contributed by atoms with Crippen molar-refractivity contribution in [1.82, 2.24) is 14.5 Å². The minimum atomic E-state index is -0.0918. The highest BCUT2D eigenvalue weighted by atomic mass is 16.1. The molecule has 0 bridgehead atoms. The molecular weight excluding hydrogens is 384 g/mol. The number of allylic oxidation sites excluding steroid dienone is 8. The van der Waals surface area contributed by atoms with E-state index in [0.717, 1.165) is 40.9 Å². The Balaban J connectivity index is 2.09. The number of anilines is 1. The highest BCUT2D eigenvalue weighted by Gasteiger charge is 2.17. The molecule has 0 atom stereocenters. The van der Waals surface area contributed by atoms with E-state index in [1.54, 1.807) is 36.9 Å². The first-order valence-electron chi connectivity index (χ1n) is 10.3. The molecule has 3 heterocycles. The standard InChI is InChI=1S/C26H24N4O/c1-3-9-21(10-4-2)30-25(29-20-12-6-5-7-13-20)15-24(31)23-18-28-17-22(26(23)30)19-11-8-14-27-16-19/h3-4,6,8-18,29H,1,5,7H2,2H3/b10-4-,21-9+. The van der Waals surface area contributed by atoms with Crippen LogP contribution >= 0.6 is 0 Å². The number of pyridine rings is 3. The Morgan fingerprint density at radius 1 is 1.23 bits per heavy atom. The molecule has 0 saturated heterocycles. The Labute approximate surface area is 181 Å². The molecule has 0 unspecified atom stereocenters. The van der Waals surface area contributed by atoms with Gasteiger partial charge in [0.15, 0.2) is 5.43 Å². The van der Waals surface area contributed by atoms with Gasteiger partial charge in [-0.2, -0.15) is 0 Å². The monoisotopic (exact) mass is 408 g/mol. The normalized spacial score (nSPS) is 14.1. The van der Waals surface area contributed by atoms with Crippen LogP contribution in [0.15, 0.2) is 103 Å². The van der Waals surface area contributed by atoms with Gasteiger partial charge in [-0.3, -0.25) is 19.3 Å². The predicted octanol–water partition coefficient (Wildman–Crippen LogP) is 5.71. The smallest absolute Gasteiger partial charge is 0.193 e. The van der Waals surface area contributed by atoms with Crippen LogP contribution in [0, 0.1) is 0 Å². The molecule has 0 saturated carbocycles. The van der Waals surface area contributed by atoms with E-state index in [9.17, 15) is 4.79 Å². The summed E-state index contributed by atoms with van der Waals surface area (Å²) >= 11 is 0. The number of hydrogen-bond donors (Lipinski definition) is 1. The van der Waals surface area contributed by atoms with E-state index >= 15 is 0 Å².